The molecule has 0 atom stereocenters. The summed E-state index contributed by atoms with van der Waals surface area (Å²) in [5.74, 6) is -0.679. The number of para-hydroxylation sites is 1. The molecule has 1 heterocycles. The number of hydrogen-bond donors (Lipinski definition) is 1. The van der Waals surface area contributed by atoms with Crippen LogP contribution in [0.1, 0.15) is 21.1 Å². The number of amides is 1. The number of halogens is 1. The molecule has 3 aromatic carbocycles. The highest BCUT2D eigenvalue weighted by atomic mass is 32.1. The van der Waals surface area contributed by atoms with Gasteiger partial charge in [0.25, 0.3) is 0 Å². The van der Waals surface area contributed by atoms with Gasteiger partial charge in [0.2, 0.25) is 5.91 Å². The minimum Gasteiger partial charge on any atom is -0.323 e. The lowest BCUT2D eigenvalue weighted by atomic mass is 10.0. The molecule has 5 heteroatoms. The fourth-order valence-electron chi connectivity index (χ4n) is 3.24. The molecule has 4 aromatic rings. The van der Waals surface area contributed by atoms with Crippen molar-refractivity contribution in [3.8, 4) is 0 Å². The van der Waals surface area contributed by atoms with Crippen LogP contribution in [-0.2, 0) is 17.6 Å². The molecule has 0 saturated heterocycles. The highest BCUT2D eigenvalue weighted by Gasteiger charge is 2.14. The monoisotopic (exact) mass is 390 g/mol. The van der Waals surface area contributed by atoms with E-state index in [1.165, 1.54) is 22.4 Å². The number of carbonyl (C=O) groups excluding carboxylic acids is 1. The van der Waals surface area contributed by atoms with Gasteiger partial charge >= 0.3 is 0 Å². The highest BCUT2D eigenvalue weighted by molar-refractivity contribution is 7.11. The van der Waals surface area contributed by atoms with Crippen LogP contribution >= 0.6 is 11.3 Å². The summed E-state index contributed by atoms with van der Waals surface area (Å²) in [6.45, 7) is 1.91. The zero-order chi connectivity index (χ0) is 19.5. The molecule has 0 fully saturated rings. The molecule has 28 heavy (non-hydrogen) atoms. The Bertz CT molecular complexity index is 1150. The second-order valence-corrected chi connectivity index (χ2v) is 7.80. The van der Waals surface area contributed by atoms with E-state index in [1.807, 2.05) is 19.1 Å². The quantitative estimate of drug-likeness (QED) is 0.488. The number of aryl methyl sites for hydroxylation is 1. The fourth-order valence-corrected chi connectivity index (χ4v) is 4.33. The van der Waals surface area contributed by atoms with Crippen LogP contribution in [0, 0.1) is 12.7 Å². The number of hydrogen-bond acceptors (Lipinski definition) is 3. The number of benzene rings is 3. The van der Waals surface area contributed by atoms with Crippen molar-refractivity contribution in [2.45, 2.75) is 19.8 Å². The second kappa shape index (κ2) is 7.90. The maximum absolute atomic E-state index is 13.7. The Balaban J connectivity index is 1.50. The Morgan fingerprint density at radius 2 is 1.79 bits per heavy atom. The maximum Gasteiger partial charge on any atom is 0.229 e. The summed E-state index contributed by atoms with van der Waals surface area (Å²) in [6, 6.07) is 20.7. The molecule has 0 unspecified atom stereocenters. The fraction of sp³-hybridized carbons (Fsp3) is 0.130. The summed E-state index contributed by atoms with van der Waals surface area (Å²) in [4.78, 5) is 17.9. The van der Waals surface area contributed by atoms with Crippen LogP contribution in [0.3, 0.4) is 0 Å². The molecule has 0 aliphatic carbocycles. The molecule has 0 bridgehead atoms. The first-order chi connectivity index (χ1) is 13.6. The van der Waals surface area contributed by atoms with Gasteiger partial charge in [-0.25, -0.2) is 9.37 Å². The Morgan fingerprint density at radius 3 is 2.64 bits per heavy atom. The summed E-state index contributed by atoms with van der Waals surface area (Å²) < 4.78 is 13.7. The molecule has 140 valence electrons. The van der Waals surface area contributed by atoms with Gasteiger partial charge in [-0.05, 0) is 35.4 Å². The number of nitrogens with one attached hydrogen (secondary N) is 1. The number of rotatable bonds is 5. The second-order valence-electron chi connectivity index (χ2n) is 6.64. The number of nitrogens with zero attached hydrogens (tertiary/aromatic N) is 1. The van der Waals surface area contributed by atoms with Gasteiger partial charge < -0.3 is 5.32 Å². The highest BCUT2D eigenvalue weighted by Crippen LogP contribution is 2.26. The molecule has 0 radical (unpaired) electrons. The first kappa shape index (κ1) is 18.3. The van der Waals surface area contributed by atoms with Crippen LogP contribution in [0.5, 0.6) is 0 Å². The number of aromatic nitrogens is 1. The maximum atomic E-state index is 13.7. The van der Waals surface area contributed by atoms with Crippen LogP contribution in [-0.4, -0.2) is 10.9 Å². The first-order valence-corrected chi connectivity index (χ1v) is 9.88. The number of fused-ring (bicyclic) bond motifs is 1. The van der Waals surface area contributed by atoms with Gasteiger partial charge in [0.15, 0.2) is 0 Å². The standard InChI is InChI=1S/C23H19FN2OS/c1-15-21(14-22(27)26-20-12-5-4-11-19(20)24)28-23(25-15)13-17-9-6-8-16-7-2-3-10-18(16)17/h2-12H,13-14H2,1H3,(H,26,27). The SMILES string of the molecule is Cc1nc(Cc2cccc3ccccc23)sc1CC(=O)Nc1ccccc1F. The molecule has 1 amide bonds. The molecule has 0 aliphatic rings. The number of thiazole rings is 1. The summed E-state index contributed by atoms with van der Waals surface area (Å²) >= 11 is 1.54. The Labute approximate surface area is 166 Å². The van der Waals surface area contributed by atoms with Crippen molar-refractivity contribution in [1.29, 1.82) is 0 Å². The van der Waals surface area contributed by atoms with Crippen molar-refractivity contribution in [1.82, 2.24) is 4.98 Å². The van der Waals surface area contributed by atoms with Crippen molar-refractivity contribution in [3.63, 3.8) is 0 Å². The van der Waals surface area contributed by atoms with Crippen molar-refractivity contribution in [2.24, 2.45) is 0 Å². The molecular weight excluding hydrogens is 371 g/mol. The summed E-state index contributed by atoms with van der Waals surface area (Å²) in [7, 11) is 0. The minimum absolute atomic E-state index is 0.188. The molecular formula is C23H19FN2OS. The van der Waals surface area contributed by atoms with E-state index in [0.29, 0.717) is 0 Å². The van der Waals surface area contributed by atoms with E-state index in [-0.39, 0.29) is 18.0 Å². The lowest BCUT2D eigenvalue weighted by Gasteiger charge is -2.05. The molecule has 4 rings (SSSR count). The van der Waals surface area contributed by atoms with Crippen molar-refractivity contribution < 1.29 is 9.18 Å². The number of carbonyl (C=O) groups is 1. The van der Waals surface area contributed by atoms with Gasteiger partial charge in [-0.15, -0.1) is 11.3 Å². The van der Waals surface area contributed by atoms with Crippen molar-refractivity contribution >= 4 is 33.7 Å². The smallest absolute Gasteiger partial charge is 0.229 e. The van der Waals surface area contributed by atoms with Crippen LogP contribution < -0.4 is 5.32 Å². The summed E-state index contributed by atoms with van der Waals surface area (Å²) in [5, 5.41) is 6.03. The van der Waals surface area contributed by atoms with E-state index < -0.39 is 5.82 Å². The predicted molar refractivity (Wildman–Crippen MR) is 112 cm³/mol. The zero-order valence-electron chi connectivity index (χ0n) is 15.4. The summed E-state index contributed by atoms with van der Waals surface area (Å²) in [5.41, 5.74) is 2.27. The normalized spacial score (nSPS) is 10.9. The first-order valence-electron chi connectivity index (χ1n) is 9.06. The summed E-state index contributed by atoms with van der Waals surface area (Å²) in [6.07, 6.45) is 0.912. The largest absolute Gasteiger partial charge is 0.323 e. The van der Waals surface area contributed by atoms with Gasteiger partial charge in [0.1, 0.15) is 5.82 Å². The van der Waals surface area contributed by atoms with Gasteiger partial charge in [0, 0.05) is 11.3 Å². The van der Waals surface area contributed by atoms with E-state index in [1.54, 1.807) is 29.5 Å². The van der Waals surface area contributed by atoms with Gasteiger partial charge in [-0.3, -0.25) is 4.79 Å². The topological polar surface area (TPSA) is 42.0 Å². The molecule has 3 nitrogen and oxygen atoms in total. The van der Waals surface area contributed by atoms with Gasteiger partial charge in [0.05, 0.1) is 22.8 Å². The average molecular weight is 390 g/mol. The van der Waals surface area contributed by atoms with Crippen LogP contribution in [0.2, 0.25) is 0 Å². The van der Waals surface area contributed by atoms with Crippen LogP contribution in [0.25, 0.3) is 10.8 Å². The minimum atomic E-state index is -0.437. The van der Waals surface area contributed by atoms with E-state index in [4.69, 9.17) is 0 Å². The molecule has 1 aromatic heterocycles. The van der Waals surface area contributed by atoms with Gasteiger partial charge in [-0.1, -0.05) is 54.6 Å². The van der Waals surface area contributed by atoms with Crippen LogP contribution in [0.4, 0.5) is 10.1 Å². The van der Waals surface area contributed by atoms with Crippen molar-refractivity contribution in [3.05, 3.63) is 93.7 Å². The molecule has 0 aliphatic heterocycles. The van der Waals surface area contributed by atoms with Gasteiger partial charge in [-0.2, -0.15) is 0 Å². The van der Waals surface area contributed by atoms with E-state index in [9.17, 15) is 9.18 Å². The molecule has 1 N–H and O–H groups in total. The average Bonchev–Trinajstić information content (AvgIpc) is 3.03. The Hall–Kier alpha value is -3.05. The third-order valence-electron chi connectivity index (χ3n) is 4.63. The molecule has 0 saturated carbocycles. The third kappa shape index (κ3) is 3.94. The van der Waals surface area contributed by atoms with E-state index >= 15 is 0 Å². The van der Waals surface area contributed by atoms with Crippen LogP contribution in [0.15, 0.2) is 66.7 Å². The Kier molecular flexibility index (Phi) is 5.17. The number of anilines is 1. The Morgan fingerprint density at radius 1 is 1.04 bits per heavy atom. The lowest BCUT2D eigenvalue weighted by molar-refractivity contribution is -0.115. The predicted octanol–water partition coefficient (Wildman–Crippen LogP) is 5.52. The van der Waals surface area contributed by atoms with Crippen molar-refractivity contribution in [2.75, 3.05) is 5.32 Å². The molecule has 0 spiro atoms. The lowest BCUT2D eigenvalue weighted by Crippen LogP contribution is -2.15. The third-order valence-corrected chi connectivity index (χ3v) is 5.79. The zero-order valence-corrected chi connectivity index (χ0v) is 16.2. The van der Waals surface area contributed by atoms with E-state index in [2.05, 4.69) is 40.6 Å². The van der Waals surface area contributed by atoms with E-state index in [0.717, 1.165) is 22.0 Å².